The quantitative estimate of drug-likeness (QED) is 0.791. The average molecular weight is 231 g/mol. The summed E-state index contributed by atoms with van der Waals surface area (Å²) in [7, 11) is 0. The maximum Gasteiger partial charge on any atom is 0.237 e. The van der Waals surface area contributed by atoms with E-state index in [2.05, 4.69) is 5.32 Å². The van der Waals surface area contributed by atoms with Gasteiger partial charge >= 0.3 is 0 Å². The molecule has 17 heavy (non-hydrogen) atoms. The maximum atomic E-state index is 12.2. The zero-order chi connectivity index (χ0) is 12.5. The summed E-state index contributed by atoms with van der Waals surface area (Å²) in [6.07, 6.45) is 1.01. The van der Waals surface area contributed by atoms with E-state index in [4.69, 9.17) is 0 Å². The van der Waals surface area contributed by atoms with Crippen molar-refractivity contribution in [2.45, 2.75) is 32.1 Å². The first kappa shape index (κ1) is 11.8. The van der Waals surface area contributed by atoms with Crippen LogP contribution in [-0.4, -0.2) is 11.8 Å². The second-order valence-corrected chi connectivity index (χ2v) is 4.87. The lowest BCUT2D eigenvalue weighted by Crippen LogP contribution is -2.54. The highest BCUT2D eigenvalue weighted by Crippen LogP contribution is 2.39. The summed E-state index contributed by atoms with van der Waals surface area (Å²) in [5.41, 5.74) is 0.440. The van der Waals surface area contributed by atoms with Crippen LogP contribution in [0.1, 0.15) is 32.3 Å². The number of hydrogen-bond donors (Lipinski definition) is 1. The fourth-order valence-electron chi connectivity index (χ4n) is 2.62. The Balaban J connectivity index is 2.47. The molecule has 1 aliphatic rings. The summed E-state index contributed by atoms with van der Waals surface area (Å²) in [4.78, 5) is 23.5. The molecule has 1 unspecified atom stereocenters. The van der Waals surface area contributed by atoms with Crippen LogP contribution in [0.15, 0.2) is 30.3 Å². The van der Waals surface area contributed by atoms with Crippen LogP contribution in [0, 0.1) is 5.92 Å². The van der Waals surface area contributed by atoms with Crippen LogP contribution < -0.4 is 5.32 Å². The Bertz CT molecular complexity index is 439. The number of piperidine rings is 1. The monoisotopic (exact) mass is 231 g/mol. The lowest BCUT2D eigenvalue weighted by molar-refractivity contribution is -0.139. The van der Waals surface area contributed by atoms with E-state index in [1.165, 1.54) is 0 Å². The van der Waals surface area contributed by atoms with Crippen LogP contribution in [0.2, 0.25) is 0 Å². The molecule has 1 N–H and O–H groups in total. The molecule has 90 valence electrons. The molecular formula is C14H17NO2. The Morgan fingerprint density at radius 2 is 1.82 bits per heavy atom. The highest BCUT2D eigenvalue weighted by Gasteiger charge is 2.46. The van der Waals surface area contributed by atoms with Crippen molar-refractivity contribution in [1.29, 1.82) is 0 Å². The van der Waals surface area contributed by atoms with Crippen LogP contribution in [0.25, 0.3) is 0 Å². The topological polar surface area (TPSA) is 46.2 Å². The van der Waals surface area contributed by atoms with Crippen molar-refractivity contribution in [3.63, 3.8) is 0 Å². The second-order valence-electron chi connectivity index (χ2n) is 4.87. The fourth-order valence-corrected chi connectivity index (χ4v) is 2.62. The third-order valence-electron chi connectivity index (χ3n) is 3.68. The smallest absolute Gasteiger partial charge is 0.237 e. The van der Waals surface area contributed by atoms with E-state index in [-0.39, 0.29) is 17.7 Å². The molecule has 0 aliphatic carbocycles. The minimum absolute atomic E-state index is 0.157. The van der Waals surface area contributed by atoms with Gasteiger partial charge in [-0.2, -0.15) is 0 Å². The number of imide groups is 1. The molecule has 0 saturated carbocycles. The molecule has 0 radical (unpaired) electrons. The molecule has 1 fully saturated rings. The predicted octanol–water partition coefficient (Wildman–Crippen LogP) is 2.02. The van der Waals surface area contributed by atoms with E-state index in [1.807, 2.05) is 44.2 Å². The summed E-state index contributed by atoms with van der Waals surface area (Å²) >= 11 is 0. The van der Waals surface area contributed by atoms with E-state index in [0.717, 1.165) is 5.56 Å². The molecule has 1 atom stereocenters. The van der Waals surface area contributed by atoms with Gasteiger partial charge in [-0.3, -0.25) is 14.9 Å². The van der Waals surface area contributed by atoms with Gasteiger partial charge in [0.15, 0.2) is 0 Å². The number of carbonyl (C=O) groups is 2. The van der Waals surface area contributed by atoms with Gasteiger partial charge in [0.1, 0.15) is 0 Å². The van der Waals surface area contributed by atoms with Gasteiger partial charge in [0.05, 0.1) is 5.41 Å². The number of nitrogens with one attached hydrogen (secondary N) is 1. The number of carbonyl (C=O) groups excluding carboxylic acids is 2. The summed E-state index contributed by atoms with van der Waals surface area (Å²) in [6, 6.07) is 9.74. The van der Waals surface area contributed by atoms with Crippen LogP contribution in [-0.2, 0) is 15.0 Å². The van der Waals surface area contributed by atoms with Crippen molar-refractivity contribution in [3.05, 3.63) is 35.9 Å². The predicted molar refractivity (Wildman–Crippen MR) is 65.3 cm³/mol. The van der Waals surface area contributed by atoms with Crippen molar-refractivity contribution in [2.75, 3.05) is 0 Å². The first-order valence-electron chi connectivity index (χ1n) is 5.97. The lowest BCUT2D eigenvalue weighted by Gasteiger charge is -2.39. The molecule has 1 saturated heterocycles. The molecule has 1 aromatic carbocycles. The molecular weight excluding hydrogens is 214 g/mol. The third kappa shape index (κ3) is 1.86. The van der Waals surface area contributed by atoms with E-state index >= 15 is 0 Å². The molecule has 0 aromatic heterocycles. The minimum Gasteiger partial charge on any atom is -0.296 e. The molecule has 1 aliphatic heterocycles. The zero-order valence-corrected chi connectivity index (χ0v) is 10.2. The summed E-state index contributed by atoms with van der Waals surface area (Å²) in [6.45, 7) is 4.06. The maximum absolute atomic E-state index is 12.2. The summed E-state index contributed by atoms with van der Waals surface area (Å²) in [5, 5.41) is 2.47. The van der Waals surface area contributed by atoms with Crippen molar-refractivity contribution in [3.8, 4) is 0 Å². The Kier molecular flexibility index (Phi) is 3.01. The Labute approximate surface area is 101 Å². The Morgan fingerprint density at radius 1 is 1.18 bits per heavy atom. The average Bonchev–Trinajstić information content (AvgIpc) is 2.30. The van der Waals surface area contributed by atoms with Crippen LogP contribution in [0.4, 0.5) is 0 Å². The summed E-state index contributed by atoms with van der Waals surface area (Å²) in [5.74, 6) is -0.157. The highest BCUT2D eigenvalue weighted by molar-refractivity contribution is 6.03. The third-order valence-corrected chi connectivity index (χ3v) is 3.68. The molecule has 2 amide bonds. The van der Waals surface area contributed by atoms with Gasteiger partial charge in [-0.05, 0) is 17.9 Å². The molecule has 0 spiro atoms. The fraction of sp³-hybridized carbons (Fsp3) is 0.429. The van der Waals surface area contributed by atoms with Crippen LogP contribution in [0.5, 0.6) is 0 Å². The molecule has 3 nitrogen and oxygen atoms in total. The van der Waals surface area contributed by atoms with Gasteiger partial charge < -0.3 is 0 Å². The Hall–Kier alpha value is -1.64. The standard InChI is InChI=1S/C14H17NO2/c1-10(2)14(11-6-4-3-5-7-11)9-8-12(16)15-13(14)17/h3-7,10H,8-9H2,1-2H3,(H,15,16,17). The van der Waals surface area contributed by atoms with Crippen LogP contribution >= 0.6 is 0 Å². The second kappa shape index (κ2) is 4.32. The van der Waals surface area contributed by atoms with Gasteiger partial charge in [-0.25, -0.2) is 0 Å². The highest BCUT2D eigenvalue weighted by atomic mass is 16.2. The number of benzene rings is 1. The van der Waals surface area contributed by atoms with Crippen molar-refractivity contribution < 1.29 is 9.59 Å². The van der Waals surface area contributed by atoms with Gasteiger partial charge in [-0.1, -0.05) is 44.2 Å². The lowest BCUT2D eigenvalue weighted by atomic mass is 9.66. The summed E-state index contributed by atoms with van der Waals surface area (Å²) < 4.78 is 0. The largest absolute Gasteiger partial charge is 0.296 e. The van der Waals surface area contributed by atoms with Gasteiger partial charge in [-0.15, -0.1) is 0 Å². The van der Waals surface area contributed by atoms with Gasteiger partial charge in [0.2, 0.25) is 11.8 Å². The molecule has 1 aromatic rings. The van der Waals surface area contributed by atoms with Crippen molar-refractivity contribution in [2.24, 2.45) is 5.92 Å². The normalized spacial score (nSPS) is 24.9. The van der Waals surface area contributed by atoms with Crippen LogP contribution in [0.3, 0.4) is 0 Å². The number of hydrogen-bond acceptors (Lipinski definition) is 2. The van der Waals surface area contributed by atoms with E-state index in [9.17, 15) is 9.59 Å². The first-order valence-corrected chi connectivity index (χ1v) is 5.97. The molecule has 1 heterocycles. The molecule has 2 rings (SSSR count). The van der Waals surface area contributed by atoms with E-state index < -0.39 is 5.41 Å². The molecule has 0 bridgehead atoms. The SMILES string of the molecule is CC(C)C1(c2ccccc2)CCC(=O)NC1=O. The van der Waals surface area contributed by atoms with E-state index in [1.54, 1.807) is 0 Å². The minimum atomic E-state index is -0.560. The number of rotatable bonds is 2. The van der Waals surface area contributed by atoms with Gasteiger partial charge in [0.25, 0.3) is 0 Å². The zero-order valence-electron chi connectivity index (χ0n) is 10.2. The first-order chi connectivity index (χ1) is 8.07. The van der Waals surface area contributed by atoms with E-state index in [0.29, 0.717) is 12.8 Å². The number of amides is 2. The van der Waals surface area contributed by atoms with Gasteiger partial charge in [0, 0.05) is 6.42 Å². The Morgan fingerprint density at radius 3 is 2.35 bits per heavy atom. The molecule has 3 heteroatoms. The van der Waals surface area contributed by atoms with Crippen molar-refractivity contribution >= 4 is 11.8 Å². The van der Waals surface area contributed by atoms with Crippen molar-refractivity contribution in [1.82, 2.24) is 5.32 Å².